The van der Waals surface area contributed by atoms with Gasteiger partial charge in [-0.3, -0.25) is 0 Å². The molecule has 0 saturated carbocycles. The maximum atomic E-state index is 8.58. The molecule has 0 fully saturated rings. The minimum Gasteiger partial charge on any atom is -0.894 e. The van der Waals surface area contributed by atoms with Crippen molar-refractivity contribution in [2.24, 2.45) is 0 Å². The van der Waals surface area contributed by atoms with Crippen molar-refractivity contribution in [3.05, 3.63) is 0 Å². The molecule has 0 saturated heterocycles. The fourth-order valence-electron chi connectivity index (χ4n) is 0. The summed E-state index contributed by atoms with van der Waals surface area (Å²) in [7, 11) is -5.61. The first-order chi connectivity index (χ1) is 2.00. The average molecular weight is 277 g/mol. The zero-order chi connectivity index (χ0) is 4.50. The Labute approximate surface area is 97.0 Å². The van der Waals surface area contributed by atoms with Crippen LogP contribution in [0.5, 0.6) is 0 Å². The molecule has 0 amide bonds. The first kappa shape index (κ1) is 16.2. The SMILES string of the molecule is [Ba+2].[O-][Si]([O-])([O-])[O-].[Ti+4]. The number of rotatable bonds is 0. The van der Waals surface area contributed by atoms with E-state index in [0.717, 1.165) is 0 Å². The van der Waals surface area contributed by atoms with E-state index in [9.17, 15) is 0 Å². The zero-order valence-electron chi connectivity index (χ0n) is 3.34. The van der Waals surface area contributed by atoms with Crippen LogP contribution in [0.2, 0.25) is 0 Å². The van der Waals surface area contributed by atoms with E-state index in [4.69, 9.17) is 19.2 Å². The molecule has 0 aliphatic carbocycles. The van der Waals surface area contributed by atoms with Crippen LogP contribution in [-0.4, -0.2) is 57.9 Å². The van der Waals surface area contributed by atoms with Crippen LogP contribution in [0.1, 0.15) is 0 Å². The molecule has 0 aromatic heterocycles. The van der Waals surface area contributed by atoms with Crippen LogP contribution < -0.4 is 19.2 Å². The molecule has 0 aromatic carbocycles. The molecule has 0 rings (SSSR count). The van der Waals surface area contributed by atoms with E-state index >= 15 is 0 Å². The molecule has 0 heterocycles. The second kappa shape index (κ2) is 6.46. The molecular formula is BaO4SiTi+2. The van der Waals surface area contributed by atoms with Crippen molar-refractivity contribution in [1.29, 1.82) is 0 Å². The van der Waals surface area contributed by atoms with Crippen molar-refractivity contribution in [1.82, 2.24) is 0 Å². The molecule has 0 bridgehead atoms. The van der Waals surface area contributed by atoms with Gasteiger partial charge in [0.05, 0.1) is 0 Å². The molecule has 0 N–H and O–H groups in total. The minimum atomic E-state index is -5.61. The number of hydrogen-bond acceptors (Lipinski definition) is 4. The van der Waals surface area contributed by atoms with Gasteiger partial charge in [0.2, 0.25) is 0 Å². The molecule has 0 atom stereocenters. The quantitative estimate of drug-likeness (QED) is 0.413. The van der Waals surface area contributed by atoms with Crippen molar-refractivity contribution in [2.75, 3.05) is 0 Å². The second-order valence-electron chi connectivity index (χ2n) is 0.500. The third-order valence-corrected chi connectivity index (χ3v) is 0. The summed E-state index contributed by atoms with van der Waals surface area (Å²) in [5, 5.41) is 0. The number of hydrogen-bond donors (Lipinski definition) is 0. The largest absolute Gasteiger partial charge is 4.00 e. The van der Waals surface area contributed by atoms with Crippen LogP contribution in [0.3, 0.4) is 0 Å². The van der Waals surface area contributed by atoms with Gasteiger partial charge < -0.3 is 28.2 Å². The summed E-state index contributed by atoms with van der Waals surface area (Å²) in [6, 6.07) is 0. The molecule has 7 heavy (non-hydrogen) atoms. The molecule has 0 spiro atoms. The van der Waals surface area contributed by atoms with Gasteiger partial charge in [0.25, 0.3) is 0 Å². The maximum Gasteiger partial charge on any atom is 4.00 e. The Bertz CT molecular complexity index is 27.2. The summed E-state index contributed by atoms with van der Waals surface area (Å²) in [6.07, 6.45) is 0. The fraction of sp³-hybridized carbons (Fsp3) is 0. The molecule has 0 aliphatic rings. The van der Waals surface area contributed by atoms with Gasteiger partial charge in [0.15, 0.2) is 0 Å². The van der Waals surface area contributed by atoms with Crippen molar-refractivity contribution in [3.8, 4) is 0 Å². The average Bonchev–Trinajstić information content (AvgIpc) is 0.722. The van der Waals surface area contributed by atoms with Crippen LogP contribution in [0.15, 0.2) is 0 Å². The predicted molar refractivity (Wildman–Crippen MR) is 11.5 cm³/mol. The third kappa shape index (κ3) is 61.2. The van der Waals surface area contributed by atoms with E-state index in [-0.39, 0.29) is 70.6 Å². The van der Waals surface area contributed by atoms with Crippen molar-refractivity contribution in [2.45, 2.75) is 0 Å². The van der Waals surface area contributed by atoms with Crippen molar-refractivity contribution in [3.63, 3.8) is 0 Å². The Morgan fingerprint density at radius 2 is 0.857 bits per heavy atom. The topological polar surface area (TPSA) is 92.2 Å². The van der Waals surface area contributed by atoms with Gasteiger partial charge in [-0.2, -0.15) is 0 Å². The summed E-state index contributed by atoms with van der Waals surface area (Å²) in [4.78, 5) is 34.3. The van der Waals surface area contributed by atoms with Crippen molar-refractivity contribution < 1.29 is 40.9 Å². The van der Waals surface area contributed by atoms with Crippen LogP contribution >= 0.6 is 0 Å². The van der Waals surface area contributed by atoms with Gasteiger partial charge in [-0.05, 0) is 0 Å². The van der Waals surface area contributed by atoms with Crippen LogP contribution in [-0.2, 0) is 21.7 Å². The second-order valence-corrected chi connectivity index (χ2v) is 1.50. The summed E-state index contributed by atoms with van der Waals surface area (Å²) in [5.41, 5.74) is 0. The predicted octanol–water partition coefficient (Wildman–Crippen LogP) is -5.52. The first-order valence-electron chi connectivity index (χ1n) is 0.816. The summed E-state index contributed by atoms with van der Waals surface area (Å²) >= 11 is 0. The van der Waals surface area contributed by atoms with Gasteiger partial charge in [0, 0.05) is 0 Å². The van der Waals surface area contributed by atoms with Gasteiger partial charge in [-0.1, -0.05) is 0 Å². The van der Waals surface area contributed by atoms with E-state index in [1.165, 1.54) is 0 Å². The monoisotopic (exact) mass is 278 g/mol. The molecule has 4 nitrogen and oxygen atoms in total. The molecule has 0 aliphatic heterocycles. The molecular weight excluding hydrogens is 277 g/mol. The maximum absolute atomic E-state index is 8.58. The molecule has 0 aromatic rings. The Morgan fingerprint density at radius 1 is 0.857 bits per heavy atom. The standard InChI is InChI=1S/Ba.O4Si.Ti/c;1-5(2,3)4;/q+2;-4;+4. The Balaban J connectivity index is -0.0000000800. The van der Waals surface area contributed by atoms with E-state index in [1.807, 2.05) is 0 Å². The summed E-state index contributed by atoms with van der Waals surface area (Å²) < 4.78 is 0. The minimum absolute atomic E-state index is 0. The van der Waals surface area contributed by atoms with Crippen LogP contribution in [0, 0.1) is 0 Å². The molecule has 32 valence electrons. The van der Waals surface area contributed by atoms with Crippen molar-refractivity contribution >= 4 is 57.9 Å². The Morgan fingerprint density at radius 3 is 0.857 bits per heavy atom. The van der Waals surface area contributed by atoms with E-state index in [0.29, 0.717) is 0 Å². The zero-order valence-corrected chi connectivity index (χ0v) is 10.3. The first-order valence-corrected chi connectivity index (χ1v) is 2.45. The van der Waals surface area contributed by atoms with E-state index in [2.05, 4.69) is 0 Å². The smallest absolute Gasteiger partial charge is 0.894 e. The Kier molecular flexibility index (Phi) is 14.9. The van der Waals surface area contributed by atoms with Crippen LogP contribution in [0.25, 0.3) is 0 Å². The van der Waals surface area contributed by atoms with E-state index in [1.54, 1.807) is 0 Å². The normalized spacial score (nSPS) is 8.57. The molecule has 0 radical (unpaired) electrons. The third-order valence-electron chi connectivity index (χ3n) is 0. The van der Waals surface area contributed by atoms with Crippen LogP contribution in [0.4, 0.5) is 0 Å². The van der Waals surface area contributed by atoms with Gasteiger partial charge >= 0.3 is 70.6 Å². The molecule has 0 unspecified atom stereocenters. The van der Waals surface area contributed by atoms with Gasteiger partial charge in [0.1, 0.15) is 0 Å². The van der Waals surface area contributed by atoms with E-state index < -0.39 is 9.05 Å². The Hall–Kier alpha value is 2.34. The summed E-state index contributed by atoms with van der Waals surface area (Å²) in [6.45, 7) is 0. The van der Waals surface area contributed by atoms with Gasteiger partial charge in [-0.15, -0.1) is 0 Å². The fourth-order valence-corrected chi connectivity index (χ4v) is 0. The summed E-state index contributed by atoms with van der Waals surface area (Å²) in [5.74, 6) is 0. The molecule has 7 heteroatoms. The van der Waals surface area contributed by atoms with Gasteiger partial charge in [-0.25, -0.2) is 0 Å².